The van der Waals surface area contributed by atoms with Gasteiger partial charge in [0.05, 0.1) is 4.47 Å². The van der Waals surface area contributed by atoms with Crippen molar-refractivity contribution in [2.75, 3.05) is 11.9 Å². The van der Waals surface area contributed by atoms with Crippen molar-refractivity contribution in [3.05, 3.63) is 28.0 Å². The van der Waals surface area contributed by atoms with Crippen LogP contribution < -0.4 is 10.6 Å². The molecule has 0 saturated heterocycles. The molecule has 1 aromatic rings. The number of benzene rings is 1. The van der Waals surface area contributed by atoms with Gasteiger partial charge in [0.1, 0.15) is 11.9 Å². The van der Waals surface area contributed by atoms with Gasteiger partial charge in [-0.15, -0.1) is 0 Å². The smallest absolute Gasteiger partial charge is 0.242 e. The Hall–Kier alpha value is -1.10. The van der Waals surface area contributed by atoms with E-state index in [1.165, 1.54) is 6.07 Å². The second kappa shape index (κ2) is 6.73. The summed E-state index contributed by atoms with van der Waals surface area (Å²) >= 11 is 3.13. The van der Waals surface area contributed by atoms with Crippen LogP contribution in [-0.2, 0) is 4.79 Å². The third-order valence-corrected chi connectivity index (χ3v) is 3.19. The fraction of sp³-hybridized carbons (Fsp3) is 0.462. The second-order valence-corrected chi connectivity index (χ2v) is 5.09. The van der Waals surface area contributed by atoms with Crippen LogP contribution in [0, 0.1) is 12.7 Å². The lowest BCUT2D eigenvalue weighted by atomic mass is 10.1. The van der Waals surface area contributed by atoms with Gasteiger partial charge in [-0.25, -0.2) is 4.39 Å². The monoisotopic (exact) mass is 316 g/mol. The van der Waals surface area contributed by atoms with Gasteiger partial charge in [-0.1, -0.05) is 6.92 Å². The molecule has 0 heterocycles. The Morgan fingerprint density at radius 2 is 2.17 bits per heavy atom. The summed E-state index contributed by atoms with van der Waals surface area (Å²) in [6.45, 7) is 6.24. The number of hydrogen-bond donors (Lipinski definition) is 2. The number of nitrogens with one attached hydrogen (secondary N) is 2. The van der Waals surface area contributed by atoms with Crippen LogP contribution in [0.3, 0.4) is 0 Å². The summed E-state index contributed by atoms with van der Waals surface area (Å²) in [5.74, 6) is -0.363. The van der Waals surface area contributed by atoms with Crippen molar-refractivity contribution in [1.82, 2.24) is 5.32 Å². The maximum Gasteiger partial charge on any atom is 0.242 e. The minimum Gasteiger partial charge on any atom is -0.374 e. The molecule has 0 bridgehead atoms. The lowest BCUT2D eigenvalue weighted by molar-refractivity contribution is -0.121. The molecule has 1 amide bonds. The number of aryl methyl sites for hydroxylation is 1. The largest absolute Gasteiger partial charge is 0.374 e. The molecule has 5 heteroatoms. The van der Waals surface area contributed by atoms with E-state index >= 15 is 0 Å². The van der Waals surface area contributed by atoms with E-state index in [0.717, 1.165) is 17.7 Å². The molecular formula is C13H18BrFN2O. The number of anilines is 1. The fourth-order valence-electron chi connectivity index (χ4n) is 1.50. The number of hydrogen-bond acceptors (Lipinski definition) is 2. The average Bonchev–Trinajstić information content (AvgIpc) is 2.32. The summed E-state index contributed by atoms with van der Waals surface area (Å²) in [7, 11) is 0. The average molecular weight is 317 g/mol. The quantitative estimate of drug-likeness (QED) is 0.875. The Morgan fingerprint density at radius 3 is 2.78 bits per heavy atom. The first kappa shape index (κ1) is 15.0. The highest BCUT2D eigenvalue weighted by Gasteiger charge is 2.13. The van der Waals surface area contributed by atoms with Crippen LogP contribution >= 0.6 is 15.9 Å². The predicted molar refractivity (Wildman–Crippen MR) is 75.2 cm³/mol. The van der Waals surface area contributed by atoms with E-state index in [0.29, 0.717) is 11.0 Å². The summed E-state index contributed by atoms with van der Waals surface area (Å²) in [5.41, 5.74) is 1.52. The molecule has 0 aromatic heterocycles. The number of halogens is 2. The van der Waals surface area contributed by atoms with Gasteiger partial charge >= 0.3 is 0 Å². The summed E-state index contributed by atoms with van der Waals surface area (Å²) in [5, 5.41) is 5.89. The van der Waals surface area contributed by atoms with Gasteiger partial charge in [-0.2, -0.15) is 0 Å². The SMILES string of the molecule is CCCNC(=O)C(C)Nc1cc(Br)c(F)cc1C. The van der Waals surface area contributed by atoms with E-state index in [4.69, 9.17) is 0 Å². The molecule has 2 N–H and O–H groups in total. The first-order valence-electron chi connectivity index (χ1n) is 5.95. The molecule has 0 aliphatic heterocycles. The lowest BCUT2D eigenvalue weighted by Gasteiger charge is -2.17. The zero-order valence-corrected chi connectivity index (χ0v) is 12.4. The van der Waals surface area contributed by atoms with Gasteiger partial charge in [-0.3, -0.25) is 4.79 Å². The maximum absolute atomic E-state index is 13.3. The van der Waals surface area contributed by atoms with Crippen LogP contribution in [0.1, 0.15) is 25.8 Å². The molecule has 3 nitrogen and oxygen atoms in total. The van der Waals surface area contributed by atoms with E-state index in [9.17, 15) is 9.18 Å². The standard InChI is InChI=1S/C13H18BrFN2O/c1-4-5-16-13(18)9(3)17-12-7-10(14)11(15)6-8(12)2/h6-7,9,17H,4-5H2,1-3H3,(H,16,18). The highest BCUT2D eigenvalue weighted by atomic mass is 79.9. The summed E-state index contributed by atoms with van der Waals surface area (Å²) in [6, 6.07) is 2.73. The molecule has 100 valence electrons. The Labute approximate surface area is 115 Å². The topological polar surface area (TPSA) is 41.1 Å². The highest BCUT2D eigenvalue weighted by Crippen LogP contribution is 2.24. The molecule has 1 rings (SSSR count). The Bertz CT molecular complexity index is 437. The normalized spacial score (nSPS) is 12.1. The molecule has 1 aromatic carbocycles. The van der Waals surface area contributed by atoms with Crippen molar-refractivity contribution in [1.29, 1.82) is 0 Å². The first-order chi connectivity index (χ1) is 8.45. The van der Waals surface area contributed by atoms with E-state index < -0.39 is 0 Å². The first-order valence-corrected chi connectivity index (χ1v) is 6.75. The number of amides is 1. The van der Waals surface area contributed by atoms with Crippen molar-refractivity contribution in [2.24, 2.45) is 0 Å². The van der Waals surface area contributed by atoms with Gasteiger partial charge in [0.25, 0.3) is 0 Å². The van der Waals surface area contributed by atoms with E-state index in [2.05, 4.69) is 26.6 Å². The third-order valence-electron chi connectivity index (χ3n) is 2.58. The summed E-state index contributed by atoms with van der Waals surface area (Å²) in [6.07, 6.45) is 0.902. The highest BCUT2D eigenvalue weighted by molar-refractivity contribution is 9.10. The maximum atomic E-state index is 13.3. The number of rotatable bonds is 5. The summed E-state index contributed by atoms with van der Waals surface area (Å²) in [4.78, 5) is 11.7. The second-order valence-electron chi connectivity index (χ2n) is 4.24. The fourth-order valence-corrected chi connectivity index (χ4v) is 1.85. The molecule has 1 unspecified atom stereocenters. The molecule has 1 atom stereocenters. The minimum absolute atomic E-state index is 0.0586. The Morgan fingerprint density at radius 1 is 1.50 bits per heavy atom. The van der Waals surface area contributed by atoms with E-state index in [1.54, 1.807) is 19.9 Å². The summed E-state index contributed by atoms with van der Waals surface area (Å²) < 4.78 is 13.7. The molecule has 0 aliphatic rings. The van der Waals surface area contributed by atoms with E-state index in [-0.39, 0.29) is 17.8 Å². The Balaban J connectivity index is 2.72. The van der Waals surface area contributed by atoms with Crippen molar-refractivity contribution >= 4 is 27.5 Å². The lowest BCUT2D eigenvalue weighted by Crippen LogP contribution is -2.38. The Kier molecular flexibility index (Phi) is 5.59. The minimum atomic E-state index is -0.354. The van der Waals surface area contributed by atoms with Gasteiger partial charge in [0.2, 0.25) is 5.91 Å². The molecular weight excluding hydrogens is 299 g/mol. The van der Waals surface area contributed by atoms with E-state index in [1.807, 2.05) is 6.92 Å². The van der Waals surface area contributed by atoms with Gasteiger partial charge in [0, 0.05) is 12.2 Å². The molecule has 18 heavy (non-hydrogen) atoms. The zero-order valence-electron chi connectivity index (χ0n) is 10.8. The van der Waals surface area contributed by atoms with Crippen LogP contribution in [0.5, 0.6) is 0 Å². The molecule has 0 aliphatic carbocycles. The van der Waals surface area contributed by atoms with Crippen molar-refractivity contribution in [3.8, 4) is 0 Å². The number of carbonyl (C=O) groups excluding carboxylic acids is 1. The van der Waals surface area contributed by atoms with Gasteiger partial charge in [0.15, 0.2) is 0 Å². The van der Waals surface area contributed by atoms with Crippen LogP contribution in [-0.4, -0.2) is 18.5 Å². The van der Waals surface area contributed by atoms with Gasteiger partial charge in [-0.05, 0) is 53.9 Å². The predicted octanol–water partition coefficient (Wildman–Crippen LogP) is 3.22. The third kappa shape index (κ3) is 3.98. The molecule has 0 radical (unpaired) electrons. The van der Waals surface area contributed by atoms with Gasteiger partial charge < -0.3 is 10.6 Å². The molecule has 0 spiro atoms. The van der Waals surface area contributed by atoms with Crippen LogP contribution in [0.15, 0.2) is 16.6 Å². The molecule has 0 fully saturated rings. The van der Waals surface area contributed by atoms with Crippen molar-refractivity contribution < 1.29 is 9.18 Å². The number of carbonyl (C=O) groups is 1. The van der Waals surface area contributed by atoms with Crippen molar-refractivity contribution in [2.45, 2.75) is 33.2 Å². The molecule has 0 saturated carbocycles. The van der Waals surface area contributed by atoms with Crippen LogP contribution in [0.4, 0.5) is 10.1 Å². The zero-order chi connectivity index (χ0) is 13.7. The van der Waals surface area contributed by atoms with Crippen LogP contribution in [0.2, 0.25) is 0 Å². The van der Waals surface area contributed by atoms with Crippen LogP contribution in [0.25, 0.3) is 0 Å². The van der Waals surface area contributed by atoms with Crippen molar-refractivity contribution in [3.63, 3.8) is 0 Å².